The van der Waals surface area contributed by atoms with Crippen LogP contribution in [-0.4, -0.2) is 4.98 Å². The van der Waals surface area contributed by atoms with E-state index in [2.05, 4.69) is 4.98 Å². The highest BCUT2D eigenvalue weighted by Gasteiger charge is 2.07. The van der Waals surface area contributed by atoms with Crippen LogP contribution in [0.3, 0.4) is 0 Å². The largest absolute Gasteiger partial charge is 0.402 e. The molecule has 0 atom stereocenters. The molecule has 2 N–H and O–H groups in total. The van der Waals surface area contributed by atoms with Gasteiger partial charge >= 0.3 is 0 Å². The van der Waals surface area contributed by atoms with Gasteiger partial charge in [-0.2, -0.15) is 0 Å². The second-order valence-corrected chi connectivity index (χ2v) is 2.47. The average molecular weight is 132 g/mol. The minimum Gasteiger partial charge on any atom is -0.402 e. The van der Waals surface area contributed by atoms with Gasteiger partial charge < -0.3 is 5.73 Å². The van der Waals surface area contributed by atoms with Gasteiger partial charge in [-0.1, -0.05) is 0 Å². The lowest BCUT2D eigenvalue weighted by molar-refractivity contribution is 1.13. The summed E-state index contributed by atoms with van der Waals surface area (Å²) in [7, 11) is 0. The SMILES string of the molecule is NC1=Cc2ccncc2C1. The third-order valence-corrected chi connectivity index (χ3v) is 1.68. The minimum atomic E-state index is 0.864. The molecule has 1 aromatic rings. The molecule has 2 rings (SSSR count). The number of allylic oxidation sites excluding steroid dienone is 1. The zero-order valence-electron chi connectivity index (χ0n) is 5.54. The molecule has 1 aromatic heterocycles. The maximum atomic E-state index is 5.62. The first-order valence-corrected chi connectivity index (χ1v) is 3.25. The van der Waals surface area contributed by atoms with Gasteiger partial charge in [0.25, 0.3) is 0 Å². The van der Waals surface area contributed by atoms with E-state index in [-0.39, 0.29) is 0 Å². The Bertz CT molecular complexity index is 289. The Hall–Kier alpha value is -1.31. The number of nitrogens with two attached hydrogens (primary N) is 1. The van der Waals surface area contributed by atoms with E-state index >= 15 is 0 Å². The zero-order chi connectivity index (χ0) is 6.97. The molecule has 2 heteroatoms. The molecule has 1 heterocycles. The van der Waals surface area contributed by atoms with Crippen LogP contribution in [0, 0.1) is 0 Å². The Balaban J connectivity index is 2.54. The van der Waals surface area contributed by atoms with E-state index in [4.69, 9.17) is 5.73 Å². The van der Waals surface area contributed by atoms with Crippen LogP contribution in [0.25, 0.3) is 6.08 Å². The van der Waals surface area contributed by atoms with Crippen LogP contribution >= 0.6 is 0 Å². The van der Waals surface area contributed by atoms with Crippen molar-refractivity contribution in [2.24, 2.45) is 5.73 Å². The molecular formula is C8H8N2. The molecule has 2 nitrogen and oxygen atoms in total. The van der Waals surface area contributed by atoms with E-state index < -0.39 is 0 Å². The van der Waals surface area contributed by atoms with Crippen LogP contribution in [0.2, 0.25) is 0 Å². The monoisotopic (exact) mass is 132 g/mol. The molecule has 1 aliphatic carbocycles. The van der Waals surface area contributed by atoms with E-state index in [9.17, 15) is 0 Å². The van der Waals surface area contributed by atoms with Gasteiger partial charge in [0.1, 0.15) is 0 Å². The summed E-state index contributed by atoms with van der Waals surface area (Å²) in [5.41, 5.74) is 9.00. The second kappa shape index (κ2) is 1.84. The number of aromatic nitrogens is 1. The van der Waals surface area contributed by atoms with Gasteiger partial charge in [-0.15, -0.1) is 0 Å². The molecule has 0 aromatic carbocycles. The number of pyridine rings is 1. The van der Waals surface area contributed by atoms with Crippen molar-refractivity contribution in [1.29, 1.82) is 0 Å². The smallest absolute Gasteiger partial charge is 0.0309 e. The highest BCUT2D eigenvalue weighted by atomic mass is 14.6. The van der Waals surface area contributed by atoms with Crippen molar-refractivity contribution in [3.8, 4) is 0 Å². The van der Waals surface area contributed by atoms with Gasteiger partial charge in [0, 0.05) is 24.5 Å². The van der Waals surface area contributed by atoms with Crippen molar-refractivity contribution < 1.29 is 0 Å². The fourth-order valence-corrected chi connectivity index (χ4v) is 1.20. The van der Waals surface area contributed by atoms with Crippen molar-refractivity contribution in [2.45, 2.75) is 6.42 Å². The van der Waals surface area contributed by atoms with Gasteiger partial charge in [0.05, 0.1) is 0 Å². The Morgan fingerprint density at radius 1 is 1.50 bits per heavy atom. The van der Waals surface area contributed by atoms with Gasteiger partial charge in [0.2, 0.25) is 0 Å². The fourth-order valence-electron chi connectivity index (χ4n) is 1.20. The van der Waals surface area contributed by atoms with E-state index in [0.717, 1.165) is 12.1 Å². The van der Waals surface area contributed by atoms with Crippen LogP contribution in [0.15, 0.2) is 24.2 Å². The second-order valence-electron chi connectivity index (χ2n) is 2.47. The van der Waals surface area contributed by atoms with Crippen LogP contribution < -0.4 is 5.73 Å². The summed E-state index contributed by atoms with van der Waals surface area (Å²) in [5, 5.41) is 0. The standard InChI is InChI=1S/C8H8N2/c9-8-3-6-1-2-10-5-7(6)4-8/h1-3,5H,4,9H2. The Kier molecular flexibility index (Phi) is 1.01. The van der Waals surface area contributed by atoms with E-state index in [1.54, 1.807) is 6.20 Å². The van der Waals surface area contributed by atoms with Crippen molar-refractivity contribution in [3.63, 3.8) is 0 Å². The maximum Gasteiger partial charge on any atom is 0.0309 e. The normalized spacial score (nSPS) is 14.6. The molecule has 0 aliphatic heterocycles. The Labute approximate surface area is 59.4 Å². The van der Waals surface area contributed by atoms with Crippen LogP contribution in [0.5, 0.6) is 0 Å². The molecule has 10 heavy (non-hydrogen) atoms. The highest BCUT2D eigenvalue weighted by molar-refractivity contribution is 5.61. The summed E-state index contributed by atoms with van der Waals surface area (Å²) in [4.78, 5) is 4.00. The molecule has 0 unspecified atom stereocenters. The van der Waals surface area contributed by atoms with Gasteiger partial charge in [-0.3, -0.25) is 4.98 Å². The minimum absolute atomic E-state index is 0.864. The predicted molar refractivity (Wildman–Crippen MR) is 40.1 cm³/mol. The molecule has 0 saturated heterocycles. The molecule has 0 radical (unpaired) electrons. The van der Waals surface area contributed by atoms with Crippen molar-refractivity contribution in [2.75, 3.05) is 0 Å². The molecule has 0 amide bonds. The molecular weight excluding hydrogens is 124 g/mol. The Morgan fingerprint density at radius 2 is 2.40 bits per heavy atom. The maximum absolute atomic E-state index is 5.62. The number of hydrogen-bond donors (Lipinski definition) is 1. The van der Waals surface area contributed by atoms with E-state index in [0.29, 0.717) is 0 Å². The van der Waals surface area contributed by atoms with Gasteiger partial charge in [0.15, 0.2) is 0 Å². The average Bonchev–Trinajstić information content (AvgIpc) is 2.27. The molecule has 0 fully saturated rings. The summed E-state index contributed by atoms with van der Waals surface area (Å²) in [6.07, 6.45) is 6.51. The quantitative estimate of drug-likeness (QED) is 0.570. The van der Waals surface area contributed by atoms with E-state index in [1.165, 1.54) is 11.1 Å². The lowest BCUT2D eigenvalue weighted by Gasteiger charge is -1.92. The number of hydrogen-bond acceptors (Lipinski definition) is 2. The number of rotatable bonds is 0. The van der Waals surface area contributed by atoms with Crippen LogP contribution in [-0.2, 0) is 6.42 Å². The first-order valence-electron chi connectivity index (χ1n) is 3.25. The zero-order valence-corrected chi connectivity index (χ0v) is 5.54. The topological polar surface area (TPSA) is 38.9 Å². The summed E-state index contributed by atoms with van der Waals surface area (Å²) in [6, 6.07) is 1.98. The summed E-state index contributed by atoms with van der Waals surface area (Å²) in [6.45, 7) is 0. The van der Waals surface area contributed by atoms with Gasteiger partial charge in [-0.25, -0.2) is 0 Å². The van der Waals surface area contributed by atoms with Crippen LogP contribution in [0.1, 0.15) is 11.1 Å². The number of fused-ring (bicyclic) bond motifs is 1. The van der Waals surface area contributed by atoms with Crippen molar-refractivity contribution >= 4 is 6.08 Å². The number of nitrogens with zero attached hydrogens (tertiary/aromatic N) is 1. The summed E-state index contributed by atoms with van der Waals surface area (Å²) >= 11 is 0. The van der Waals surface area contributed by atoms with Crippen LogP contribution in [0.4, 0.5) is 0 Å². The third kappa shape index (κ3) is 0.692. The molecule has 0 spiro atoms. The fraction of sp³-hybridized carbons (Fsp3) is 0.125. The molecule has 0 bridgehead atoms. The summed E-state index contributed by atoms with van der Waals surface area (Å²) in [5.74, 6) is 0. The third-order valence-electron chi connectivity index (χ3n) is 1.68. The summed E-state index contributed by atoms with van der Waals surface area (Å²) < 4.78 is 0. The Morgan fingerprint density at radius 3 is 3.20 bits per heavy atom. The highest BCUT2D eigenvalue weighted by Crippen LogP contribution is 2.19. The molecule has 0 saturated carbocycles. The first-order chi connectivity index (χ1) is 4.86. The van der Waals surface area contributed by atoms with E-state index in [1.807, 2.05) is 18.3 Å². The van der Waals surface area contributed by atoms with Crippen molar-refractivity contribution in [3.05, 3.63) is 35.3 Å². The molecule has 1 aliphatic rings. The lowest BCUT2D eigenvalue weighted by Crippen LogP contribution is -1.94. The van der Waals surface area contributed by atoms with Gasteiger partial charge in [-0.05, 0) is 23.3 Å². The molecule has 50 valence electrons. The lowest BCUT2D eigenvalue weighted by atomic mass is 10.2. The van der Waals surface area contributed by atoms with Crippen molar-refractivity contribution in [1.82, 2.24) is 4.98 Å². The predicted octanol–water partition coefficient (Wildman–Crippen LogP) is 0.937. The first kappa shape index (κ1) is 5.47.